The van der Waals surface area contributed by atoms with Crippen molar-refractivity contribution < 1.29 is 5.11 Å². The van der Waals surface area contributed by atoms with E-state index in [0.29, 0.717) is 6.04 Å². The lowest BCUT2D eigenvalue weighted by Crippen LogP contribution is -2.48. The Morgan fingerprint density at radius 3 is 1.93 bits per heavy atom. The number of hydrogen-bond acceptors (Lipinski definition) is 3. The summed E-state index contributed by atoms with van der Waals surface area (Å²) >= 11 is 0. The van der Waals surface area contributed by atoms with E-state index in [9.17, 15) is 5.11 Å². The molecule has 0 saturated carbocycles. The third-order valence-corrected chi connectivity index (χ3v) is 2.54. The van der Waals surface area contributed by atoms with Crippen LogP contribution in [0.25, 0.3) is 0 Å². The number of rotatable bonds is 7. The van der Waals surface area contributed by atoms with Crippen molar-refractivity contribution in [1.29, 1.82) is 0 Å². The van der Waals surface area contributed by atoms with Crippen LogP contribution in [0.1, 0.15) is 34.1 Å². The van der Waals surface area contributed by atoms with E-state index in [4.69, 9.17) is 0 Å². The van der Waals surface area contributed by atoms with Crippen molar-refractivity contribution >= 4 is 0 Å². The fraction of sp³-hybridized carbons (Fsp3) is 0.909. The van der Waals surface area contributed by atoms with Crippen molar-refractivity contribution in [2.45, 2.75) is 46.3 Å². The topological polar surface area (TPSA) is 26.7 Å². The van der Waals surface area contributed by atoms with Gasteiger partial charge in [-0.1, -0.05) is 20.8 Å². The average molecular weight is 201 g/mol. The summed E-state index contributed by atoms with van der Waals surface area (Å²) in [6.45, 7) is 15.2. The molecular weight excluding hydrogens is 176 g/mol. The molecule has 0 bridgehead atoms. The van der Waals surface area contributed by atoms with Crippen LogP contribution < -0.4 is 0 Å². The van der Waals surface area contributed by atoms with Gasteiger partial charge in [0, 0.05) is 25.7 Å². The highest BCUT2D eigenvalue weighted by atomic mass is 16.3. The van der Waals surface area contributed by atoms with Crippen LogP contribution >= 0.6 is 0 Å². The van der Waals surface area contributed by atoms with Gasteiger partial charge in [-0.15, -0.1) is 0 Å². The van der Waals surface area contributed by atoms with Gasteiger partial charge < -0.3 is 5.11 Å². The average Bonchev–Trinajstić information content (AvgIpc) is 2.12. The molecule has 14 heavy (non-hydrogen) atoms. The highest BCUT2D eigenvalue weighted by molar-refractivity contribution is 4.70. The first-order valence-electron chi connectivity index (χ1n) is 5.59. The monoisotopic (exact) mass is 201 g/mol. The molecule has 0 aliphatic rings. The summed E-state index contributed by atoms with van der Waals surface area (Å²) in [5, 5.41) is 13.8. The SMILES string of the molecule is [CH2]C(O)CC(C)N(CC)N(CC)CC. The first-order chi connectivity index (χ1) is 6.56. The fourth-order valence-electron chi connectivity index (χ4n) is 1.89. The Balaban J connectivity index is 4.22. The quantitative estimate of drug-likeness (QED) is 0.633. The molecule has 85 valence electrons. The number of aliphatic hydroxyl groups is 1. The Morgan fingerprint density at radius 1 is 1.14 bits per heavy atom. The Hall–Kier alpha value is -0.120. The van der Waals surface area contributed by atoms with Crippen molar-refractivity contribution in [3.8, 4) is 0 Å². The highest BCUT2D eigenvalue weighted by Crippen LogP contribution is 2.09. The predicted octanol–water partition coefficient (Wildman–Crippen LogP) is 1.54. The first kappa shape index (κ1) is 13.9. The summed E-state index contributed by atoms with van der Waals surface area (Å²) in [6, 6.07) is 0.354. The van der Waals surface area contributed by atoms with E-state index in [1.54, 1.807) is 0 Å². The van der Waals surface area contributed by atoms with Crippen molar-refractivity contribution in [3.63, 3.8) is 0 Å². The molecular formula is C11H25N2O. The summed E-state index contributed by atoms with van der Waals surface area (Å²) in [7, 11) is 0. The predicted molar refractivity (Wildman–Crippen MR) is 60.7 cm³/mol. The van der Waals surface area contributed by atoms with Gasteiger partial charge in [0.1, 0.15) is 0 Å². The standard InChI is InChI=1S/C11H25N2O/c1-6-12(7-2)13(8-3)10(4)9-11(5)14/h10-11,14H,5-9H2,1-4H3. The Bertz CT molecular complexity index is 135. The second-order valence-corrected chi connectivity index (χ2v) is 3.63. The number of aliphatic hydroxyl groups excluding tert-OH is 1. The van der Waals surface area contributed by atoms with Crippen LogP contribution in [0.4, 0.5) is 0 Å². The zero-order valence-electron chi connectivity index (χ0n) is 10.0. The maximum atomic E-state index is 9.24. The van der Waals surface area contributed by atoms with Gasteiger partial charge in [0.25, 0.3) is 0 Å². The Kier molecular flexibility index (Phi) is 7.15. The number of hydrogen-bond donors (Lipinski definition) is 1. The molecule has 0 amide bonds. The third-order valence-electron chi connectivity index (χ3n) is 2.54. The van der Waals surface area contributed by atoms with Gasteiger partial charge in [-0.25, -0.2) is 10.0 Å². The maximum Gasteiger partial charge on any atom is 0.0556 e. The van der Waals surface area contributed by atoms with Gasteiger partial charge in [-0.05, 0) is 20.3 Å². The molecule has 0 aromatic heterocycles. The maximum absolute atomic E-state index is 9.24. The van der Waals surface area contributed by atoms with Gasteiger partial charge >= 0.3 is 0 Å². The van der Waals surface area contributed by atoms with E-state index in [-0.39, 0.29) is 0 Å². The Labute approximate surface area is 88.7 Å². The first-order valence-corrected chi connectivity index (χ1v) is 5.59. The van der Waals surface area contributed by atoms with Gasteiger partial charge in [-0.2, -0.15) is 0 Å². The molecule has 0 heterocycles. The molecule has 0 aromatic carbocycles. The molecule has 0 aliphatic carbocycles. The van der Waals surface area contributed by atoms with Gasteiger partial charge in [0.15, 0.2) is 0 Å². The zero-order valence-corrected chi connectivity index (χ0v) is 10.0. The van der Waals surface area contributed by atoms with Crippen molar-refractivity contribution in [3.05, 3.63) is 6.92 Å². The van der Waals surface area contributed by atoms with E-state index in [1.807, 2.05) is 0 Å². The lowest BCUT2D eigenvalue weighted by Gasteiger charge is -2.37. The fourth-order valence-corrected chi connectivity index (χ4v) is 1.89. The molecule has 0 spiro atoms. The number of nitrogens with zero attached hydrogens (tertiary/aromatic N) is 2. The lowest BCUT2D eigenvalue weighted by atomic mass is 10.1. The van der Waals surface area contributed by atoms with E-state index in [0.717, 1.165) is 26.1 Å². The molecule has 1 N–H and O–H groups in total. The lowest BCUT2D eigenvalue weighted by molar-refractivity contribution is -0.0537. The summed E-state index contributed by atoms with van der Waals surface area (Å²) in [6.07, 6.45) is 0.263. The smallest absolute Gasteiger partial charge is 0.0556 e. The minimum atomic E-state index is -0.463. The molecule has 2 unspecified atom stereocenters. The summed E-state index contributed by atoms with van der Waals surface area (Å²) in [5.41, 5.74) is 0. The van der Waals surface area contributed by atoms with E-state index in [2.05, 4.69) is 44.6 Å². The van der Waals surface area contributed by atoms with Gasteiger partial charge in [0.05, 0.1) is 6.10 Å². The zero-order chi connectivity index (χ0) is 11.1. The van der Waals surface area contributed by atoms with Crippen LogP contribution in [0.3, 0.4) is 0 Å². The van der Waals surface area contributed by atoms with Gasteiger partial charge in [0.2, 0.25) is 0 Å². The van der Waals surface area contributed by atoms with Crippen molar-refractivity contribution in [2.75, 3.05) is 19.6 Å². The van der Waals surface area contributed by atoms with Crippen LogP contribution in [-0.4, -0.2) is 46.9 Å². The molecule has 0 aliphatic heterocycles. The molecule has 1 radical (unpaired) electrons. The van der Waals surface area contributed by atoms with E-state index in [1.165, 1.54) is 0 Å². The normalized spacial score (nSPS) is 16.3. The molecule has 0 fully saturated rings. The molecule has 0 rings (SSSR count). The largest absolute Gasteiger partial charge is 0.393 e. The molecule has 2 atom stereocenters. The third kappa shape index (κ3) is 4.40. The molecule has 3 nitrogen and oxygen atoms in total. The molecule has 0 aromatic rings. The van der Waals surface area contributed by atoms with Crippen LogP contribution in [0, 0.1) is 6.92 Å². The minimum Gasteiger partial charge on any atom is -0.393 e. The van der Waals surface area contributed by atoms with Crippen molar-refractivity contribution in [1.82, 2.24) is 10.0 Å². The Morgan fingerprint density at radius 2 is 1.64 bits per heavy atom. The summed E-state index contributed by atoms with van der Waals surface area (Å²) < 4.78 is 0. The van der Waals surface area contributed by atoms with Gasteiger partial charge in [-0.3, -0.25) is 0 Å². The van der Waals surface area contributed by atoms with Crippen LogP contribution in [0.2, 0.25) is 0 Å². The van der Waals surface area contributed by atoms with Crippen LogP contribution in [0.15, 0.2) is 0 Å². The second-order valence-electron chi connectivity index (χ2n) is 3.63. The summed E-state index contributed by atoms with van der Waals surface area (Å²) in [4.78, 5) is 0. The van der Waals surface area contributed by atoms with Crippen molar-refractivity contribution in [2.24, 2.45) is 0 Å². The summed E-state index contributed by atoms with van der Waals surface area (Å²) in [5.74, 6) is 0. The molecule has 0 saturated heterocycles. The van der Waals surface area contributed by atoms with E-state index < -0.39 is 6.10 Å². The van der Waals surface area contributed by atoms with Crippen LogP contribution in [0.5, 0.6) is 0 Å². The van der Waals surface area contributed by atoms with Crippen LogP contribution in [-0.2, 0) is 0 Å². The second kappa shape index (κ2) is 7.21. The van der Waals surface area contributed by atoms with E-state index >= 15 is 0 Å². The molecule has 3 heteroatoms. The minimum absolute atomic E-state index is 0.354. The highest BCUT2D eigenvalue weighted by Gasteiger charge is 2.18. The number of hydrazine groups is 1.